The third kappa shape index (κ3) is 4.35. The topological polar surface area (TPSA) is 59.3 Å². The lowest BCUT2D eigenvalue weighted by atomic mass is 10.2. The Balaban J connectivity index is 1.65. The Bertz CT molecular complexity index is 705. The highest BCUT2D eigenvalue weighted by Crippen LogP contribution is 2.14. The van der Waals surface area contributed by atoms with Crippen LogP contribution < -0.4 is 4.90 Å². The Hall–Kier alpha value is -1.99. The molecule has 0 N–H and O–H groups in total. The van der Waals surface area contributed by atoms with Crippen LogP contribution in [0, 0.1) is 13.8 Å². The predicted molar refractivity (Wildman–Crippen MR) is 98.3 cm³/mol. The van der Waals surface area contributed by atoms with Gasteiger partial charge in [0.2, 0.25) is 0 Å². The Morgan fingerprint density at radius 1 is 1.20 bits per heavy atom. The fourth-order valence-corrected chi connectivity index (χ4v) is 3.37. The lowest BCUT2D eigenvalue weighted by Crippen LogP contribution is -2.47. The van der Waals surface area contributed by atoms with E-state index in [9.17, 15) is 0 Å². The SMILES string of the molecule is Cc1cc(C)n(-c2cncc(N(C)CCN3C[C@@H](C)O[C@@H](C)C3)n2)n1. The van der Waals surface area contributed by atoms with Gasteiger partial charge in [0.15, 0.2) is 5.82 Å². The first-order chi connectivity index (χ1) is 11.9. The number of morpholine rings is 1. The quantitative estimate of drug-likeness (QED) is 0.825. The molecule has 1 saturated heterocycles. The molecule has 0 aliphatic carbocycles. The van der Waals surface area contributed by atoms with Crippen LogP contribution in [-0.4, -0.2) is 70.1 Å². The first-order valence-corrected chi connectivity index (χ1v) is 8.87. The minimum absolute atomic E-state index is 0.295. The van der Waals surface area contributed by atoms with Crippen LogP contribution in [0.5, 0.6) is 0 Å². The standard InChI is InChI=1S/C18H28N6O/c1-13-8-14(2)24(21-13)18-10-19-9-17(20-18)22(5)6-7-23-11-15(3)25-16(4)12-23/h8-10,15-16H,6-7,11-12H2,1-5H3/t15-,16+. The fourth-order valence-electron chi connectivity index (χ4n) is 3.37. The summed E-state index contributed by atoms with van der Waals surface area (Å²) in [5.41, 5.74) is 2.04. The van der Waals surface area contributed by atoms with Gasteiger partial charge in [-0.05, 0) is 33.8 Å². The Morgan fingerprint density at radius 2 is 1.92 bits per heavy atom. The molecule has 136 valence electrons. The molecule has 0 unspecified atom stereocenters. The van der Waals surface area contributed by atoms with E-state index < -0.39 is 0 Å². The van der Waals surface area contributed by atoms with Crippen LogP contribution in [0.3, 0.4) is 0 Å². The van der Waals surface area contributed by atoms with Crippen LogP contribution in [0.2, 0.25) is 0 Å². The van der Waals surface area contributed by atoms with Crippen molar-refractivity contribution in [2.75, 3.05) is 38.1 Å². The highest BCUT2D eigenvalue weighted by molar-refractivity contribution is 5.39. The van der Waals surface area contributed by atoms with E-state index in [4.69, 9.17) is 9.72 Å². The average Bonchev–Trinajstić information content (AvgIpc) is 2.90. The third-order valence-electron chi connectivity index (χ3n) is 4.47. The second kappa shape index (κ2) is 7.49. The molecule has 3 heterocycles. The molecule has 0 saturated carbocycles. The predicted octanol–water partition coefficient (Wildman–Crippen LogP) is 1.82. The molecular weight excluding hydrogens is 316 g/mol. The van der Waals surface area contributed by atoms with Gasteiger partial charge in [-0.3, -0.25) is 9.88 Å². The van der Waals surface area contributed by atoms with E-state index in [2.05, 4.69) is 40.8 Å². The van der Waals surface area contributed by atoms with Crippen LogP contribution in [-0.2, 0) is 4.74 Å². The van der Waals surface area contributed by atoms with Crippen molar-refractivity contribution in [3.63, 3.8) is 0 Å². The number of rotatable bonds is 5. The molecule has 0 amide bonds. The molecule has 0 spiro atoms. The summed E-state index contributed by atoms with van der Waals surface area (Å²) in [6.45, 7) is 12.1. The molecule has 7 heteroatoms. The molecule has 2 atom stereocenters. The summed E-state index contributed by atoms with van der Waals surface area (Å²) in [7, 11) is 2.06. The number of nitrogens with zero attached hydrogens (tertiary/aromatic N) is 6. The minimum atomic E-state index is 0.295. The highest BCUT2D eigenvalue weighted by atomic mass is 16.5. The normalized spacial score (nSPS) is 21.5. The maximum absolute atomic E-state index is 5.80. The van der Waals surface area contributed by atoms with E-state index in [-0.39, 0.29) is 0 Å². The lowest BCUT2D eigenvalue weighted by molar-refractivity contribution is -0.0670. The van der Waals surface area contributed by atoms with E-state index in [0.717, 1.165) is 49.2 Å². The van der Waals surface area contributed by atoms with Crippen LogP contribution in [0.25, 0.3) is 5.82 Å². The highest BCUT2D eigenvalue weighted by Gasteiger charge is 2.22. The molecule has 1 aliphatic heterocycles. The molecule has 1 fully saturated rings. The summed E-state index contributed by atoms with van der Waals surface area (Å²) in [6.07, 6.45) is 4.15. The van der Waals surface area contributed by atoms with Gasteiger partial charge >= 0.3 is 0 Å². The average molecular weight is 344 g/mol. The molecule has 2 aromatic rings. The first-order valence-electron chi connectivity index (χ1n) is 8.87. The van der Waals surface area contributed by atoms with Gasteiger partial charge in [-0.15, -0.1) is 0 Å². The van der Waals surface area contributed by atoms with Crippen molar-refractivity contribution in [3.05, 3.63) is 29.8 Å². The molecule has 2 aromatic heterocycles. The molecule has 1 aliphatic rings. The molecule has 25 heavy (non-hydrogen) atoms. The Kier molecular flexibility index (Phi) is 5.34. The van der Waals surface area contributed by atoms with E-state index in [1.807, 2.05) is 24.6 Å². The Labute approximate surface area is 149 Å². The number of hydrogen-bond acceptors (Lipinski definition) is 6. The summed E-state index contributed by atoms with van der Waals surface area (Å²) >= 11 is 0. The molecule has 7 nitrogen and oxygen atoms in total. The monoisotopic (exact) mass is 344 g/mol. The van der Waals surface area contributed by atoms with Crippen molar-refractivity contribution >= 4 is 5.82 Å². The maximum atomic E-state index is 5.80. The van der Waals surface area contributed by atoms with E-state index in [1.54, 1.807) is 12.4 Å². The summed E-state index contributed by atoms with van der Waals surface area (Å²) in [6, 6.07) is 2.04. The summed E-state index contributed by atoms with van der Waals surface area (Å²) in [5, 5.41) is 4.49. The van der Waals surface area contributed by atoms with Crippen molar-refractivity contribution in [1.82, 2.24) is 24.6 Å². The lowest BCUT2D eigenvalue weighted by Gasteiger charge is -2.36. The van der Waals surface area contributed by atoms with E-state index in [1.165, 1.54) is 0 Å². The zero-order valence-corrected chi connectivity index (χ0v) is 15.8. The zero-order chi connectivity index (χ0) is 18.0. The second-order valence-electron chi connectivity index (χ2n) is 7.01. The van der Waals surface area contributed by atoms with Crippen LogP contribution >= 0.6 is 0 Å². The maximum Gasteiger partial charge on any atom is 0.174 e. The van der Waals surface area contributed by atoms with Gasteiger partial charge in [-0.2, -0.15) is 5.10 Å². The van der Waals surface area contributed by atoms with Crippen molar-refractivity contribution in [1.29, 1.82) is 0 Å². The number of aryl methyl sites for hydroxylation is 2. The van der Waals surface area contributed by atoms with Crippen LogP contribution in [0.1, 0.15) is 25.2 Å². The number of ether oxygens (including phenoxy) is 1. The van der Waals surface area contributed by atoms with Gasteiger partial charge in [-0.1, -0.05) is 0 Å². The minimum Gasteiger partial charge on any atom is -0.373 e. The van der Waals surface area contributed by atoms with Crippen molar-refractivity contribution in [3.8, 4) is 5.82 Å². The van der Waals surface area contributed by atoms with Gasteiger partial charge in [-0.25, -0.2) is 9.67 Å². The van der Waals surface area contributed by atoms with Crippen molar-refractivity contribution in [2.24, 2.45) is 0 Å². The first kappa shape index (κ1) is 17.8. The number of likely N-dealkylation sites (N-methyl/N-ethyl adjacent to an activating group) is 1. The van der Waals surface area contributed by atoms with E-state index in [0.29, 0.717) is 12.2 Å². The van der Waals surface area contributed by atoms with Crippen molar-refractivity contribution in [2.45, 2.75) is 39.9 Å². The number of anilines is 1. The molecule has 0 radical (unpaired) electrons. The van der Waals surface area contributed by atoms with E-state index >= 15 is 0 Å². The molecule has 3 rings (SSSR count). The summed E-state index contributed by atoms with van der Waals surface area (Å²) < 4.78 is 7.64. The van der Waals surface area contributed by atoms with Gasteiger partial charge in [0.1, 0.15) is 5.82 Å². The molecule has 0 aromatic carbocycles. The van der Waals surface area contributed by atoms with Gasteiger partial charge in [0.05, 0.1) is 30.3 Å². The van der Waals surface area contributed by atoms with Gasteiger partial charge < -0.3 is 9.64 Å². The number of aromatic nitrogens is 4. The molecular formula is C18H28N6O. The van der Waals surface area contributed by atoms with Crippen LogP contribution in [0.4, 0.5) is 5.82 Å². The zero-order valence-electron chi connectivity index (χ0n) is 15.8. The fraction of sp³-hybridized carbons (Fsp3) is 0.611. The smallest absolute Gasteiger partial charge is 0.174 e. The largest absolute Gasteiger partial charge is 0.373 e. The third-order valence-corrected chi connectivity index (χ3v) is 4.47. The van der Waals surface area contributed by atoms with Gasteiger partial charge in [0.25, 0.3) is 0 Å². The molecule has 0 bridgehead atoms. The second-order valence-corrected chi connectivity index (χ2v) is 7.01. The van der Waals surface area contributed by atoms with Gasteiger partial charge in [0, 0.05) is 38.9 Å². The summed E-state index contributed by atoms with van der Waals surface area (Å²) in [4.78, 5) is 13.7. The van der Waals surface area contributed by atoms with Crippen LogP contribution in [0.15, 0.2) is 18.5 Å². The Morgan fingerprint density at radius 3 is 2.56 bits per heavy atom. The van der Waals surface area contributed by atoms with Crippen molar-refractivity contribution < 1.29 is 4.74 Å². The summed E-state index contributed by atoms with van der Waals surface area (Å²) in [5.74, 6) is 1.61. The number of hydrogen-bond donors (Lipinski definition) is 0.